The number of rotatable bonds is 1. The molecule has 184 valence electrons. The maximum atomic E-state index is 13.3. The van der Waals surface area contributed by atoms with E-state index in [1.807, 2.05) is 12.1 Å². The topological polar surface area (TPSA) is 123 Å². The Morgan fingerprint density at radius 3 is 2.62 bits per heavy atom. The highest BCUT2D eigenvalue weighted by Gasteiger charge is 2.22. The number of carbonyl (C=O) groups excluding carboxylic acids is 1. The fraction of sp³-hybridized carbons (Fsp3) is 0.111. The molecule has 4 heterocycles. The molecule has 4 aromatic rings. The second kappa shape index (κ2) is 8.82. The minimum atomic E-state index is -4.06. The van der Waals surface area contributed by atoms with Crippen LogP contribution in [0.4, 0.5) is 5.69 Å². The molecule has 0 atom stereocenters. The van der Waals surface area contributed by atoms with Crippen molar-refractivity contribution in [2.75, 3.05) is 11.8 Å². The Morgan fingerprint density at radius 1 is 0.919 bits per heavy atom. The van der Waals surface area contributed by atoms with Crippen LogP contribution in [0.2, 0.25) is 0 Å². The maximum Gasteiger partial charge on any atom is 0.262 e. The zero-order chi connectivity index (χ0) is 25.6. The first-order valence-corrected chi connectivity index (χ1v) is 13.0. The molecule has 3 aromatic heterocycles. The molecule has 1 aromatic carbocycles. The summed E-state index contributed by atoms with van der Waals surface area (Å²) in [4.78, 5) is 26.2. The zero-order valence-corrected chi connectivity index (χ0v) is 20.5. The summed E-state index contributed by atoms with van der Waals surface area (Å²) in [6.07, 6.45) is 9.66. The quantitative estimate of drug-likeness (QED) is 0.400. The van der Waals surface area contributed by atoms with Crippen molar-refractivity contribution in [3.05, 3.63) is 101 Å². The van der Waals surface area contributed by atoms with Crippen molar-refractivity contribution in [1.29, 1.82) is 0 Å². The van der Waals surface area contributed by atoms with Crippen molar-refractivity contribution in [1.82, 2.24) is 20.3 Å². The minimum absolute atomic E-state index is 0.0636. The van der Waals surface area contributed by atoms with E-state index in [1.165, 1.54) is 25.3 Å². The Kier molecular flexibility index (Phi) is 5.45. The van der Waals surface area contributed by atoms with Crippen molar-refractivity contribution in [3.63, 3.8) is 0 Å². The maximum absolute atomic E-state index is 13.3. The van der Waals surface area contributed by atoms with Gasteiger partial charge >= 0.3 is 0 Å². The third kappa shape index (κ3) is 4.21. The van der Waals surface area contributed by atoms with Crippen LogP contribution >= 0.6 is 0 Å². The fourth-order valence-corrected chi connectivity index (χ4v) is 5.59. The molecule has 37 heavy (non-hydrogen) atoms. The highest BCUT2D eigenvalue weighted by molar-refractivity contribution is 7.92. The van der Waals surface area contributed by atoms with E-state index >= 15 is 0 Å². The lowest BCUT2D eigenvalue weighted by atomic mass is 9.98. The molecule has 0 saturated carbocycles. The number of allylic oxidation sites excluding steroid dienone is 1. The largest absolute Gasteiger partial charge is 0.480 e. The van der Waals surface area contributed by atoms with Gasteiger partial charge in [-0.25, -0.2) is 13.4 Å². The minimum Gasteiger partial charge on any atom is -0.480 e. The fourth-order valence-electron chi connectivity index (χ4n) is 4.50. The summed E-state index contributed by atoms with van der Waals surface area (Å²) in [7, 11) is -2.64. The van der Waals surface area contributed by atoms with Crippen molar-refractivity contribution in [2.45, 2.75) is 17.9 Å². The van der Waals surface area contributed by atoms with Crippen molar-refractivity contribution in [2.24, 2.45) is 0 Å². The van der Waals surface area contributed by atoms with E-state index in [0.717, 1.165) is 33.5 Å². The van der Waals surface area contributed by atoms with Gasteiger partial charge in [-0.3, -0.25) is 19.5 Å². The average molecular weight is 512 g/mol. The summed E-state index contributed by atoms with van der Waals surface area (Å²) >= 11 is 0. The predicted octanol–water partition coefficient (Wildman–Crippen LogP) is 3.58. The van der Waals surface area contributed by atoms with Gasteiger partial charge in [0, 0.05) is 65.6 Å². The van der Waals surface area contributed by atoms with Crippen molar-refractivity contribution in [3.8, 4) is 17.0 Å². The number of sulfonamides is 1. The van der Waals surface area contributed by atoms with Crippen molar-refractivity contribution >= 4 is 27.2 Å². The first-order chi connectivity index (χ1) is 17.9. The number of anilines is 1. The molecule has 0 fully saturated rings. The normalized spacial score (nSPS) is 15.5. The Hall–Kier alpha value is -4.57. The van der Waals surface area contributed by atoms with Crippen LogP contribution in [-0.4, -0.2) is 36.4 Å². The highest BCUT2D eigenvalue weighted by Crippen LogP contribution is 2.36. The molecule has 10 heteroatoms. The molecular weight excluding hydrogens is 490 g/mol. The van der Waals surface area contributed by atoms with E-state index < -0.39 is 15.9 Å². The molecule has 0 radical (unpaired) electrons. The molecule has 1 aliphatic heterocycles. The molecular formula is C27H21N5O4S. The second-order valence-corrected chi connectivity index (χ2v) is 10.4. The van der Waals surface area contributed by atoms with Gasteiger partial charge in [-0.2, -0.15) is 0 Å². The second-order valence-electron chi connectivity index (χ2n) is 8.72. The summed E-state index contributed by atoms with van der Waals surface area (Å²) in [6, 6.07) is 11.5. The molecule has 2 aliphatic rings. The number of carbonyl (C=O) groups is 1. The number of nitrogens with zero attached hydrogens (tertiary/aromatic N) is 3. The number of fused-ring (bicyclic) bond motifs is 9. The number of benzene rings is 1. The number of hydrogen-bond donors (Lipinski definition) is 2. The van der Waals surface area contributed by atoms with E-state index in [4.69, 9.17) is 4.74 Å². The van der Waals surface area contributed by atoms with Crippen LogP contribution in [0, 0.1) is 0 Å². The van der Waals surface area contributed by atoms with Crippen LogP contribution < -0.4 is 14.8 Å². The highest BCUT2D eigenvalue weighted by atomic mass is 32.2. The molecule has 2 N–H and O–H groups in total. The summed E-state index contributed by atoms with van der Waals surface area (Å²) in [5.74, 6) is -0.280. The predicted molar refractivity (Wildman–Crippen MR) is 137 cm³/mol. The van der Waals surface area contributed by atoms with Crippen LogP contribution in [0.5, 0.6) is 5.88 Å². The number of nitrogens with one attached hydrogen (secondary N) is 2. The molecule has 1 aliphatic carbocycles. The number of amides is 1. The Morgan fingerprint density at radius 2 is 1.76 bits per heavy atom. The van der Waals surface area contributed by atoms with Gasteiger partial charge in [-0.15, -0.1) is 0 Å². The third-order valence-electron chi connectivity index (χ3n) is 6.35. The first-order valence-electron chi connectivity index (χ1n) is 11.5. The Bertz CT molecular complexity index is 1720. The van der Waals surface area contributed by atoms with Gasteiger partial charge in [-0.1, -0.05) is 12.1 Å². The summed E-state index contributed by atoms with van der Waals surface area (Å²) in [5, 5.41) is 2.85. The van der Waals surface area contributed by atoms with E-state index in [-0.39, 0.29) is 28.6 Å². The summed E-state index contributed by atoms with van der Waals surface area (Å²) in [5.41, 5.74) is 6.49. The van der Waals surface area contributed by atoms with E-state index in [9.17, 15) is 13.2 Å². The van der Waals surface area contributed by atoms with Gasteiger partial charge < -0.3 is 10.1 Å². The lowest BCUT2D eigenvalue weighted by Gasteiger charge is -2.15. The SMILES string of the molecule is COc1ncc2cc1NS(=O)(=O)c1cccc(c1)C(=O)NCc1cncc(c1)C1=CCc3ncc-2cc31. The Balaban J connectivity index is 1.54. The molecule has 9 nitrogen and oxygen atoms in total. The summed E-state index contributed by atoms with van der Waals surface area (Å²) < 4.78 is 34.4. The molecule has 1 amide bonds. The number of pyridine rings is 3. The van der Waals surface area contributed by atoms with Crippen molar-refractivity contribution < 1.29 is 17.9 Å². The standard InChI is InChI=1S/C27H21N5O4S/c1-36-27-25-10-19(15-31-27)18-9-23-22(5-6-24(23)29-14-18)20-7-16(11-28-13-20)12-30-26(33)17-3-2-4-21(8-17)37(34,35)32-25/h2-5,7-11,13-15,32H,6,12H2,1H3,(H,30,33). The average Bonchev–Trinajstić information content (AvgIpc) is 3.35. The smallest absolute Gasteiger partial charge is 0.262 e. The van der Waals surface area contributed by atoms with Gasteiger partial charge in [0.05, 0.1) is 17.7 Å². The number of aromatic nitrogens is 3. The Labute approximate surface area is 213 Å². The van der Waals surface area contributed by atoms with Gasteiger partial charge in [-0.05, 0) is 47.5 Å². The lowest BCUT2D eigenvalue weighted by molar-refractivity contribution is 0.0950. The molecule has 6 rings (SSSR count). The molecule has 0 spiro atoms. The van der Waals surface area contributed by atoms with Gasteiger partial charge in [0.15, 0.2) is 0 Å². The number of methoxy groups -OCH3 is 1. The van der Waals surface area contributed by atoms with Gasteiger partial charge in [0.25, 0.3) is 15.9 Å². The van der Waals surface area contributed by atoms with Gasteiger partial charge in [0.1, 0.15) is 5.69 Å². The van der Waals surface area contributed by atoms with Crippen LogP contribution in [0.25, 0.3) is 16.7 Å². The monoisotopic (exact) mass is 511 g/mol. The first kappa shape index (κ1) is 22.9. The van der Waals surface area contributed by atoms with Crippen LogP contribution in [0.1, 0.15) is 32.7 Å². The summed E-state index contributed by atoms with van der Waals surface area (Å²) in [6.45, 7) is 0.237. The van der Waals surface area contributed by atoms with E-state index in [1.54, 1.807) is 36.9 Å². The van der Waals surface area contributed by atoms with Crippen LogP contribution in [-0.2, 0) is 23.0 Å². The van der Waals surface area contributed by atoms with Crippen LogP contribution in [0.3, 0.4) is 0 Å². The molecule has 0 unspecified atom stereocenters. The number of ether oxygens (including phenoxy) is 1. The van der Waals surface area contributed by atoms with E-state index in [2.05, 4.69) is 31.1 Å². The molecule has 8 bridgehead atoms. The lowest BCUT2D eigenvalue weighted by Crippen LogP contribution is -2.23. The third-order valence-corrected chi connectivity index (χ3v) is 7.71. The van der Waals surface area contributed by atoms with Gasteiger partial charge in [0.2, 0.25) is 5.88 Å². The number of hydrogen-bond acceptors (Lipinski definition) is 7. The molecule has 0 saturated heterocycles. The van der Waals surface area contributed by atoms with E-state index in [0.29, 0.717) is 12.0 Å². The zero-order valence-electron chi connectivity index (χ0n) is 19.7. The van der Waals surface area contributed by atoms with Crippen LogP contribution in [0.15, 0.2) is 78.2 Å².